The Morgan fingerprint density at radius 1 is 0.889 bits per heavy atom. The van der Waals surface area contributed by atoms with Crippen molar-refractivity contribution < 1.29 is 19.1 Å². The number of esters is 2. The highest BCUT2D eigenvalue weighted by atomic mass is 32.1. The third kappa shape index (κ3) is 9.65. The maximum absolute atomic E-state index is 11.3. The van der Waals surface area contributed by atoms with Crippen molar-refractivity contribution in [2.45, 2.75) is 50.0 Å². The van der Waals surface area contributed by atoms with Crippen molar-refractivity contribution in [1.29, 1.82) is 0 Å². The van der Waals surface area contributed by atoms with Gasteiger partial charge in [0, 0.05) is 10.5 Å². The lowest BCUT2D eigenvalue weighted by Crippen LogP contribution is -2.17. The van der Waals surface area contributed by atoms with Crippen molar-refractivity contribution in [3.05, 3.63) is 0 Å². The molecule has 0 saturated carbocycles. The van der Waals surface area contributed by atoms with E-state index >= 15 is 0 Å². The zero-order valence-corrected chi connectivity index (χ0v) is 12.7. The molecule has 0 rings (SSSR count). The minimum atomic E-state index is -0.312. The number of ether oxygens (including phenoxy) is 2. The molecule has 4 nitrogen and oxygen atoms in total. The molecule has 0 aliphatic rings. The van der Waals surface area contributed by atoms with Crippen LogP contribution in [0.4, 0.5) is 0 Å². The zero-order chi connectivity index (χ0) is 14.0. The van der Waals surface area contributed by atoms with Crippen LogP contribution in [0.3, 0.4) is 0 Å². The van der Waals surface area contributed by atoms with Gasteiger partial charge in [-0.1, -0.05) is 13.8 Å². The monoisotopic (exact) mass is 294 g/mol. The Kier molecular flexibility index (Phi) is 10.3. The second kappa shape index (κ2) is 10.6. The van der Waals surface area contributed by atoms with Crippen molar-refractivity contribution in [1.82, 2.24) is 0 Å². The molecule has 106 valence electrons. The molecule has 18 heavy (non-hydrogen) atoms. The van der Waals surface area contributed by atoms with Crippen LogP contribution in [0.15, 0.2) is 0 Å². The van der Waals surface area contributed by atoms with Gasteiger partial charge in [0.2, 0.25) is 0 Å². The van der Waals surface area contributed by atoms with E-state index in [1.165, 1.54) is 0 Å². The normalized spacial score (nSPS) is 13.8. The Hall–Kier alpha value is -0.360. The highest BCUT2D eigenvalue weighted by Gasteiger charge is 2.11. The molecule has 0 spiro atoms. The standard InChI is InChI=1S/C12H22O4S2/c1-3-9(17)7-11(13)15-5-6-16-12(14)8-10(18)4-2/h9-10,17-18H,3-8H2,1-2H3/t9-,10-/m0/s1. The molecule has 0 aromatic heterocycles. The summed E-state index contributed by atoms with van der Waals surface area (Å²) in [5.41, 5.74) is 0. The van der Waals surface area contributed by atoms with E-state index in [9.17, 15) is 9.59 Å². The molecule has 0 aromatic rings. The lowest BCUT2D eigenvalue weighted by molar-refractivity contribution is -0.152. The first-order valence-corrected chi connectivity index (χ1v) is 7.20. The third-order valence-electron chi connectivity index (χ3n) is 2.36. The van der Waals surface area contributed by atoms with E-state index in [-0.39, 0.29) is 48.5 Å². The van der Waals surface area contributed by atoms with Gasteiger partial charge in [-0.15, -0.1) is 0 Å². The molecule has 0 aliphatic heterocycles. The molecule has 0 fully saturated rings. The summed E-state index contributed by atoms with van der Waals surface area (Å²) in [7, 11) is 0. The van der Waals surface area contributed by atoms with Crippen molar-refractivity contribution in [2.75, 3.05) is 13.2 Å². The molecular weight excluding hydrogens is 272 g/mol. The molecule has 0 radical (unpaired) electrons. The summed E-state index contributed by atoms with van der Waals surface area (Å²) in [5.74, 6) is -0.623. The Morgan fingerprint density at radius 2 is 1.22 bits per heavy atom. The van der Waals surface area contributed by atoms with Gasteiger partial charge < -0.3 is 9.47 Å². The van der Waals surface area contributed by atoms with Crippen LogP contribution in [0, 0.1) is 0 Å². The number of carbonyl (C=O) groups is 2. The average molecular weight is 294 g/mol. The van der Waals surface area contributed by atoms with Gasteiger partial charge in [0.1, 0.15) is 13.2 Å². The minimum absolute atomic E-state index is 0.0227. The van der Waals surface area contributed by atoms with E-state index in [4.69, 9.17) is 9.47 Å². The van der Waals surface area contributed by atoms with Crippen molar-refractivity contribution in [3.8, 4) is 0 Å². The van der Waals surface area contributed by atoms with Crippen LogP contribution in [-0.2, 0) is 19.1 Å². The zero-order valence-electron chi connectivity index (χ0n) is 10.9. The van der Waals surface area contributed by atoms with Crippen LogP contribution in [-0.4, -0.2) is 35.7 Å². The van der Waals surface area contributed by atoms with Crippen LogP contribution in [0.25, 0.3) is 0 Å². The first kappa shape index (κ1) is 17.6. The Labute approximate surface area is 120 Å². The number of carbonyl (C=O) groups excluding carboxylic acids is 2. The van der Waals surface area contributed by atoms with Crippen molar-refractivity contribution in [2.24, 2.45) is 0 Å². The second-order valence-electron chi connectivity index (χ2n) is 3.97. The van der Waals surface area contributed by atoms with Gasteiger partial charge in [-0.25, -0.2) is 0 Å². The van der Waals surface area contributed by atoms with E-state index < -0.39 is 0 Å². The van der Waals surface area contributed by atoms with Crippen molar-refractivity contribution >= 4 is 37.2 Å². The lowest BCUT2D eigenvalue weighted by atomic mass is 10.2. The molecule has 6 heteroatoms. The van der Waals surface area contributed by atoms with E-state index in [1.807, 2.05) is 13.8 Å². The van der Waals surface area contributed by atoms with Gasteiger partial charge in [0.05, 0.1) is 12.8 Å². The van der Waals surface area contributed by atoms with E-state index in [0.717, 1.165) is 12.8 Å². The molecule has 0 amide bonds. The van der Waals surface area contributed by atoms with Gasteiger partial charge in [-0.2, -0.15) is 25.3 Å². The second-order valence-corrected chi connectivity index (χ2v) is 5.43. The number of thiol groups is 2. The first-order valence-electron chi connectivity index (χ1n) is 6.16. The van der Waals surface area contributed by atoms with Gasteiger partial charge in [0.25, 0.3) is 0 Å². The maximum atomic E-state index is 11.3. The lowest BCUT2D eigenvalue weighted by Gasteiger charge is -2.10. The summed E-state index contributed by atoms with van der Waals surface area (Å²) < 4.78 is 9.82. The van der Waals surface area contributed by atoms with Gasteiger partial charge in [-0.05, 0) is 12.8 Å². The summed E-state index contributed by atoms with van der Waals surface area (Å²) >= 11 is 8.40. The fourth-order valence-corrected chi connectivity index (χ4v) is 1.40. The van der Waals surface area contributed by atoms with E-state index in [2.05, 4.69) is 25.3 Å². The summed E-state index contributed by atoms with van der Waals surface area (Å²) in [4.78, 5) is 22.5. The van der Waals surface area contributed by atoms with Crippen LogP contribution < -0.4 is 0 Å². The fourth-order valence-electron chi connectivity index (χ4n) is 1.10. The average Bonchev–Trinajstić information content (AvgIpc) is 2.34. The quantitative estimate of drug-likeness (QED) is 0.389. The van der Waals surface area contributed by atoms with E-state index in [0.29, 0.717) is 0 Å². The molecule has 0 saturated heterocycles. The smallest absolute Gasteiger partial charge is 0.307 e. The summed E-state index contributed by atoms with van der Waals surface area (Å²) in [6.07, 6.45) is 2.19. The summed E-state index contributed by atoms with van der Waals surface area (Å²) in [5, 5.41) is 0.0455. The highest BCUT2D eigenvalue weighted by Crippen LogP contribution is 2.07. The fraction of sp³-hybridized carbons (Fsp3) is 0.833. The molecule has 2 atom stereocenters. The van der Waals surface area contributed by atoms with Crippen LogP contribution in [0.2, 0.25) is 0 Å². The number of hydrogen-bond donors (Lipinski definition) is 2. The van der Waals surface area contributed by atoms with Crippen LogP contribution >= 0.6 is 25.3 Å². The molecule has 0 aliphatic carbocycles. The topological polar surface area (TPSA) is 52.6 Å². The SMILES string of the molecule is CC[C@H](S)CC(=O)OCCOC(=O)C[C@@H](S)CC. The van der Waals surface area contributed by atoms with Gasteiger partial charge >= 0.3 is 11.9 Å². The Balaban J connectivity index is 3.55. The predicted octanol–water partition coefficient (Wildman–Crippen LogP) is 2.27. The Bertz CT molecular complexity index is 232. The Morgan fingerprint density at radius 3 is 1.50 bits per heavy atom. The molecule has 0 N–H and O–H groups in total. The van der Waals surface area contributed by atoms with Crippen LogP contribution in [0.1, 0.15) is 39.5 Å². The predicted molar refractivity (Wildman–Crippen MR) is 77.3 cm³/mol. The first-order chi connectivity index (χ1) is 8.49. The maximum Gasteiger partial charge on any atom is 0.307 e. The largest absolute Gasteiger partial charge is 0.462 e. The van der Waals surface area contributed by atoms with Gasteiger partial charge in [0.15, 0.2) is 0 Å². The van der Waals surface area contributed by atoms with Crippen LogP contribution in [0.5, 0.6) is 0 Å². The number of rotatable bonds is 9. The molecule has 0 heterocycles. The van der Waals surface area contributed by atoms with Gasteiger partial charge in [-0.3, -0.25) is 9.59 Å². The molecular formula is C12H22O4S2. The summed E-state index contributed by atoms with van der Waals surface area (Å²) in [6.45, 7) is 4.10. The molecule has 0 unspecified atom stereocenters. The molecule has 0 bridgehead atoms. The molecule has 0 aromatic carbocycles. The van der Waals surface area contributed by atoms with Crippen molar-refractivity contribution in [3.63, 3.8) is 0 Å². The third-order valence-corrected chi connectivity index (χ3v) is 3.45. The highest BCUT2D eigenvalue weighted by molar-refractivity contribution is 7.81. The summed E-state index contributed by atoms with van der Waals surface area (Å²) in [6, 6.07) is 0. The van der Waals surface area contributed by atoms with E-state index in [1.54, 1.807) is 0 Å². The number of hydrogen-bond acceptors (Lipinski definition) is 6. The minimum Gasteiger partial charge on any atom is -0.462 e.